The summed E-state index contributed by atoms with van der Waals surface area (Å²) in [5.41, 5.74) is 2.40. The van der Waals surface area contributed by atoms with Gasteiger partial charge < -0.3 is 0 Å². The molecule has 3 heteroatoms. The van der Waals surface area contributed by atoms with Crippen molar-refractivity contribution >= 4 is 21.6 Å². The average Bonchev–Trinajstić information content (AvgIpc) is 2.33. The summed E-state index contributed by atoms with van der Waals surface area (Å²) in [5, 5.41) is 1.79. The lowest BCUT2D eigenvalue weighted by Crippen LogP contribution is -2.09. The fourth-order valence-corrected chi connectivity index (χ4v) is 1.54. The Hall–Kier alpha value is -0.540. The number of halogens is 1. The van der Waals surface area contributed by atoms with E-state index in [4.69, 9.17) is 4.84 Å². The number of benzene rings is 1. The second-order valence-corrected chi connectivity index (χ2v) is 3.46. The van der Waals surface area contributed by atoms with Gasteiger partial charge in [-0.25, -0.2) is 0 Å². The third-order valence-corrected chi connectivity index (χ3v) is 2.29. The van der Waals surface area contributed by atoms with Gasteiger partial charge in [0, 0.05) is 17.1 Å². The fourth-order valence-electron chi connectivity index (χ4n) is 1.19. The van der Waals surface area contributed by atoms with Crippen LogP contribution in [0.5, 0.6) is 0 Å². The zero-order valence-electron chi connectivity index (χ0n) is 6.17. The number of anilines is 1. The summed E-state index contributed by atoms with van der Waals surface area (Å²) in [7, 11) is 1.91. The molecule has 0 saturated heterocycles. The van der Waals surface area contributed by atoms with E-state index < -0.39 is 0 Å². The Bertz CT molecular complexity index is 287. The van der Waals surface area contributed by atoms with Crippen molar-refractivity contribution in [3.8, 4) is 0 Å². The van der Waals surface area contributed by atoms with Crippen molar-refractivity contribution in [1.29, 1.82) is 0 Å². The van der Waals surface area contributed by atoms with Crippen molar-refractivity contribution in [3.63, 3.8) is 0 Å². The molecule has 1 heterocycles. The Labute approximate surface area is 73.9 Å². The summed E-state index contributed by atoms with van der Waals surface area (Å²) in [6, 6.07) is 6.16. The van der Waals surface area contributed by atoms with Crippen molar-refractivity contribution in [2.75, 3.05) is 12.1 Å². The fraction of sp³-hybridized carbons (Fsp3) is 0.250. The van der Waals surface area contributed by atoms with Gasteiger partial charge in [-0.1, -0.05) is 22.0 Å². The Kier molecular flexibility index (Phi) is 1.62. The predicted octanol–water partition coefficient (Wildman–Crippen LogP) is 2.33. The van der Waals surface area contributed by atoms with Crippen LogP contribution in [0.25, 0.3) is 0 Å². The van der Waals surface area contributed by atoms with Crippen LogP contribution >= 0.6 is 15.9 Å². The number of hydroxylamine groups is 1. The van der Waals surface area contributed by atoms with Crippen molar-refractivity contribution in [2.45, 2.75) is 6.61 Å². The van der Waals surface area contributed by atoms with E-state index in [1.54, 1.807) is 5.06 Å². The molecule has 0 fully saturated rings. The van der Waals surface area contributed by atoms with E-state index in [1.807, 2.05) is 13.1 Å². The van der Waals surface area contributed by atoms with Gasteiger partial charge in [0.05, 0.1) is 5.69 Å². The van der Waals surface area contributed by atoms with Crippen LogP contribution in [-0.4, -0.2) is 7.05 Å². The molecule has 2 nitrogen and oxygen atoms in total. The summed E-state index contributed by atoms with van der Waals surface area (Å²) in [4.78, 5) is 5.29. The smallest absolute Gasteiger partial charge is 0.102 e. The Morgan fingerprint density at radius 2 is 2.36 bits per heavy atom. The molecule has 0 radical (unpaired) electrons. The monoisotopic (exact) mass is 213 g/mol. The summed E-state index contributed by atoms with van der Waals surface area (Å²) in [6.45, 7) is 0.694. The normalized spacial score (nSPS) is 15.3. The molecule has 0 spiro atoms. The average molecular weight is 214 g/mol. The van der Waals surface area contributed by atoms with Crippen LogP contribution in [-0.2, 0) is 11.4 Å². The summed E-state index contributed by atoms with van der Waals surface area (Å²) < 4.78 is 1.09. The van der Waals surface area contributed by atoms with Crippen LogP contribution in [0, 0.1) is 0 Å². The molecule has 11 heavy (non-hydrogen) atoms. The molecule has 0 aromatic heterocycles. The Balaban J connectivity index is 2.52. The van der Waals surface area contributed by atoms with Crippen LogP contribution in [0.4, 0.5) is 5.69 Å². The van der Waals surface area contributed by atoms with Crippen LogP contribution in [0.15, 0.2) is 22.7 Å². The number of fused-ring (bicyclic) bond motifs is 1. The minimum atomic E-state index is 0.694. The zero-order chi connectivity index (χ0) is 7.84. The van der Waals surface area contributed by atoms with E-state index in [2.05, 4.69) is 28.1 Å². The van der Waals surface area contributed by atoms with Gasteiger partial charge in [0.25, 0.3) is 0 Å². The van der Waals surface area contributed by atoms with Crippen LogP contribution < -0.4 is 5.06 Å². The molecule has 0 saturated carbocycles. The topological polar surface area (TPSA) is 12.5 Å². The van der Waals surface area contributed by atoms with Gasteiger partial charge in [-0.3, -0.25) is 9.90 Å². The molecule has 1 aliphatic rings. The molecule has 0 bridgehead atoms. The van der Waals surface area contributed by atoms with Gasteiger partial charge >= 0.3 is 0 Å². The molecule has 2 rings (SSSR count). The standard InChI is InChI=1S/C8H8BrNO/c1-10-8-4-7(9)3-2-6(8)5-11-10/h2-4H,5H2,1H3. The lowest BCUT2D eigenvalue weighted by Gasteiger charge is -2.09. The van der Waals surface area contributed by atoms with E-state index >= 15 is 0 Å². The minimum Gasteiger partial charge on any atom is -0.269 e. The third kappa shape index (κ3) is 1.14. The van der Waals surface area contributed by atoms with E-state index in [9.17, 15) is 0 Å². The first-order chi connectivity index (χ1) is 5.27. The highest BCUT2D eigenvalue weighted by molar-refractivity contribution is 9.10. The molecule has 1 aromatic rings. The molecule has 0 atom stereocenters. The van der Waals surface area contributed by atoms with E-state index in [0.717, 1.165) is 10.2 Å². The molecule has 0 unspecified atom stereocenters. The maximum atomic E-state index is 5.29. The highest BCUT2D eigenvalue weighted by atomic mass is 79.9. The second kappa shape index (κ2) is 2.50. The maximum absolute atomic E-state index is 5.29. The van der Waals surface area contributed by atoms with Gasteiger partial charge in [0.2, 0.25) is 0 Å². The number of hydrogen-bond acceptors (Lipinski definition) is 2. The highest BCUT2D eigenvalue weighted by Gasteiger charge is 2.15. The molecular formula is C8H8BrNO. The largest absolute Gasteiger partial charge is 0.269 e. The highest BCUT2D eigenvalue weighted by Crippen LogP contribution is 2.30. The minimum absolute atomic E-state index is 0.694. The lowest BCUT2D eigenvalue weighted by molar-refractivity contribution is 0.131. The summed E-state index contributed by atoms with van der Waals surface area (Å²) in [5.74, 6) is 0. The van der Waals surface area contributed by atoms with Crippen LogP contribution in [0.3, 0.4) is 0 Å². The van der Waals surface area contributed by atoms with Crippen LogP contribution in [0.2, 0.25) is 0 Å². The Morgan fingerprint density at radius 3 is 3.18 bits per heavy atom. The van der Waals surface area contributed by atoms with Crippen molar-refractivity contribution in [1.82, 2.24) is 0 Å². The van der Waals surface area contributed by atoms with Gasteiger partial charge in [0.1, 0.15) is 6.61 Å². The zero-order valence-corrected chi connectivity index (χ0v) is 7.76. The lowest BCUT2D eigenvalue weighted by atomic mass is 10.2. The van der Waals surface area contributed by atoms with Gasteiger partial charge in [0.15, 0.2) is 0 Å². The second-order valence-electron chi connectivity index (χ2n) is 2.54. The molecule has 1 aliphatic heterocycles. The molecule has 0 amide bonds. The molecule has 0 N–H and O–H groups in total. The van der Waals surface area contributed by atoms with Gasteiger partial charge in [-0.15, -0.1) is 0 Å². The van der Waals surface area contributed by atoms with Crippen molar-refractivity contribution < 1.29 is 4.84 Å². The first-order valence-corrected chi connectivity index (χ1v) is 4.22. The summed E-state index contributed by atoms with van der Waals surface area (Å²) >= 11 is 3.41. The number of rotatable bonds is 0. The van der Waals surface area contributed by atoms with Crippen LogP contribution in [0.1, 0.15) is 5.56 Å². The number of hydrogen-bond donors (Lipinski definition) is 0. The third-order valence-electron chi connectivity index (χ3n) is 1.80. The maximum Gasteiger partial charge on any atom is 0.102 e. The SMILES string of the molecule is CN1OCc2ccc(Br)cc21. The van der Waals surface area contributed by atoms with E-state index in [-0.39, 0.29) is 0 Å². The first kappa shape index (κ1) is 7.13. The Morgan fingerprint density at radius 1 is 1.55 bits per heavy atom. The molecule has 58 valence electrons. The van der Waals surface area contributed by atoms with Crippen molar-refractivity contribution in [3.05, 3.63) is 28.2 Å². The number of nitrogens with zero attached hydrogens (tertiary/aromatic N) is 1. The quantitative estimate of drug-likeness (QED) is 0.657. The predicted molar refractivity (Wildman–Crippen MR) is 47.3 cm³/mol. The van der Waals surface area contributed by atoms with Gasteiger partial charge in [-0.2, -0.15) is 0 Å². The molecule has 0 aliphatic carbocycles. The first-order valence-electron chi connectivity index (χ1n) is 3.42. The summed E-state index contributed by atoms with van der Waals surface area (Å²) in [6.07, 6.45) is 0. The van der Waals surface area contributed by atoms with Gasteiger partial charge in [-0.05, 0) is 12.1 Å². The molecular weight excluding hydrogens is 206 g/mol. The van der Waals surface area contributed by atoms with E-state index in [0.29, 0.717) is 6.61 Å². The van der Waals surface area contributed by atoms with Crippen molar-refractivity contribution in [2.24, 2.45) is 0 Å². The molecule has 1 aromatic carbocycles. The van der Waals surface area contributed by atoms with E-state index in [1.165, 1.54) is 5.56 Å².